The van der Waals surface area contributed by atoms with E-state index in [4.69, 9.17) is 18.3 Å². The van der Waals surface area contributed by atoms with Gasteiger partial charge in [0, 0.05) is 0 Å². The number of hydrogen-bond acceptors (Lipinski definition) is 7. The van der Waals surface area contributed by atoms with Gasteiger partial charge in [0.15, 0.2) is 13.2 Å². The number of nitrogens with zero attached hydrogens (tertiary/aromatic N) is 2. The zero-order valence-corrected chi connectivity index (χ0v) is 16.1. The first kappa shape index (κ1) is 18.7. The number of aromatic nitrogens is 2. The van der Waals surface area contributed by atoms with Gasteiger partial charge >= 0.3 is 5.97 Å². The first-order valence-corrected chi connectivity index (χ1v) is 8.59. The highest BCUT2D eigenvalue weighted by molar-refractivity contribution is 5.71. The van der Waals surface area contributed by atoms with Crippen molar-refractivity contribution in [1.82, 2.24) is 10.2 Å². The topological polar surface area (TPSA) is 87.6 Å². The molecule has 1 aromatic carbocycles. The molecular weight excluding hydrogens is 348 g/mol. The van der Waals surface area contributed by atoms with Gasteiger partial charge in [-0.2, -0.15) is 0 Å². The summed E-state index contributed by atoms with van der Waals surface area (Å²) in [6.45, 7) is 9.26. The van der Waals surface area contributed by atoms with Crippen molar-refractivity contribution >= 4 is 5.97 Å². The predicted molar refractivity (Wildman–Crippen MR) is 97.4 cm³/mol. The quantitative estimate of drug-likeness (QED) is 0.606. The minimum Gasteiger partial charge on any atom is -0.481 e. The lowest BCUT2D eigenvalue weighted by molar-refractivity contribution is -0.148. The smallest absolute Gasteiger partial charge is 0.344 e. The van der Waals surface area contributed by atoms with Crippen molar-refractivity contribution in [2.24, 2.45) is 0 Å². The molecular formula is C20H22N2O5. The van der Waals surface area contributed by atoms with E-state index in [1.54, 1.807) is 0 Å². The second-order valence-corrected chi connectivity index (χ2v) is 6.51. The number of furan rings is 1. The molecule has 2 aromatic heterocycles. The highest BCUT2D eigenvalue weighted by atomic mass is 16.6. The fourth-order valence-electron chi connectivity index (χ4n) is 2.97. The van der Waals surface area contributed by atoms with Gasteiger partial charge < -0.3 is 18.3 Å². The SMILES string of the molecule is Cc1cc(C)c(OCC(=O)OCc2nnc(-c3cc(C)oc3C)o2)c(C)c1. The Labute approximate surface area is 157 Å². The molecule has 0 aliphatic carbocycles. The largest absolute Gasteiger partial charge is 0.481 e. The molecule has 0 radical (unpaired) electrons. The Balaban J connectivity index is 1.55. The fraction of sp³-hybridized carbons (Fsp3) is 0.350. The molecule has 0 atom stereocenters. The summed E-state index contributed by atoms with van der Waals surface area (Å²) in [5.74, 6) is 2.18. The third-order valence-electron chi connectivity index (χ3n) is 4.03. The van der Waals surface area contributed by atoms with Crippen LogP contribution in [0.15, 0.2) is 27.0 Å². The van der Waals surface area contributed by atoms with Gasteiger partial charge in [0.2, 0.25) is 0 Å². The number of ether oxygens (including phenoxy) is 2. The molecule has 0 fully saturated rings. The maximum atomic E-state index is 12.0. The van der Waals surface area contributed by atoms with Crippen LogP contribution in [0, 0.1) is 34.6 Å². The zero-order valence-electron chi connectivity index (χ0n) is 16.1. The van der Waals surface area contributed by atoms with Gasteiger partial charge in [-0.15, -0.1) is 10.2 Å². The van der Waals surface area contributed by atoms with Crippen LogP contribution in [0.25, 0.3) is 11.5 Å². The van der Waals surface area contributed by atoms with Crippen molar-refractivity contribution in [3.05, 3.63) is 52.3 Å². The molecule has 0 saturated heterocycles. The Morgan fingerprint density at radius 3 is 2.33 bits per heavy atom. The van der Waals surface area contributed by atoms with Gasteiger partial charge in [-0.3, -0.25) is 0 Å². The summed E-state index contributed by atoms with van der Waals surface area (Å²) in [7, 11) is 0. The molecule has 0 aliphatic heterocycles. The molecule has 0 N–H and O–H groups in total. The summed E-state index contributed by atoms with van der Waals surface area (Å²) < 4.78 is 21.7. The highest BCUT2D eigenvalue weighted by Crippen LogP contribution is 2.26. The molecule has 3 aromatic rings. The summed E-state index contributed by atoms with van der Waals surface area (Å²) >= 11 is 0. The zero-order chi connectivity index (χ0) is 19.6. The molecule has 7 heteroatoms. The Morgan fingerprint density at radius 2 is 1.70 bits per heavy atom. The summed E-state index contributed by atoms with van der Waals surface area (Å²) in [5.41, 5.74) is 3.83. The van der Waals surface area contributed by atoms with Gasteiger partial charge in [-0.05, 0) is 51.8 Å². The van der Waals surface area contributed by atoms with Crippen LogP contribution in [-0.4, -0.2) is 22.8 Å². The number of hydrogen-bond donors (Lipinski definition) is 0. The molecule has 0 aliphatic rings. The molecule has 0 saturated carbocycles. The summed E-state index contributed by atoms with van der Waals surface area (Å²) in [5, 5.41) is 7.86. The van der Waals surface area contributed by atoms with Crippen LogP contribution in [0.5, 0.6) is 5.75 Å². The van der Waals surface area contributed by atoms with E-state index in [2.05, 4.69) is 10.2 Å². The summed E-state index contributed by atoms with van der Waals surface area (Å²) in [6.07, 6.45) is 0. The van der Waals surface area contributed by atoms with Crippen LogP contribution in [0.4, 0.5) is 0 Å². The average molecular weight is 370 g/mol. The molecule has 142 valence electrons. The van der Waals surface area contributed by atoms with Crippen LogP contribution >= 0.6 is 0 Å². The standard InChI is InChI=1S/C20H22N2O5/c1-11-6-12(2)19(13(3)7-11)25-10-18(23)24-9-17-21-22-20(27-17)16-8-14(4)26-15(16)5/h6-8H,9-10H2,1-5H3. The molecule has 0 spiro atoms. The number of esters is 1. The van der Waals surface area contributed by atoms with E-state index in [0.29, 0.717) is 17.4 Å². The molecule has 0 bridgehead atoms. The number of carbonyl (C=O) groups is 1. The van der Waals surface area contributed by atoms with E-state index < -0.39 is 5.97 Å². The first-order valence-electron chi connectivity index (χ1n) is 8.59. The van der Waals surface area contributed by atoms with E-state index in [1.165, 1.54) is 0 Å². The fourth-order valence-corrected chi connectivity index (χ4v) is 2.97. The minimum absolute atomic E-state index is 0.114. The van der Waals surface area contributed by atoms with Crippen molar-refractivity contribution in [2.45, 2.75) is 41.2 Å². The lowest BCUT2D eigenvalue weighted by Crippen LogP contribution is -2.15. The summed E-state index contributed by atoms with van der Waals surface area (Å²) in [6, 6.07) is 5.83. The van der Waals surface area contributed by atoms with Crippen LogP contribution < -0.4 is 4.74 Å². The second-order valence-electron chi connectivity index (χ2n) is 6.51. The van der Waals surface area contributed by atoms with E-state index in [1.807, 2.05) is 52.8 Å². The highest BCUT2D eigenvalue weighted by Gasteiger charge is 2.16. The van der Waals surface area contributed by atoms with Gasteiger partial charge in [-0.25, -0.2) is 4.79 Å². The van der Waals surface area contributed by atoms with E-state index in [0.717, 1.165) is 28.0 Å². The molecule has 27 heavy (non-hydrogen) atoms. The third-order valence-corrected chi connectivity index (χ3v) is 4.03. The number of carbonyl (C=O) groups excluding carboxylic acids is 1. The van der Waals surface area contributed by atoms with Crippen molar-refractivity contribution in [3.63, 3.8) is 0 Å². The van der Waals surface area contributed by atoms with Crippen LogP contribution in [0.2, 0.25) is 0 Å². The maximum Gasteiger partial charge on any atom is 0.344 e. The Kier molecular flexibility index (Phi) is 5.30. The predicted octanol–water partition coefficient (Wildman–Crippen LogP) is 3.99. The average Bonchev–Trinajstić information content (AvgIpc) is 3.17. The van der Waals surface area contributed by atoms with Crippen LogP contribution in [-0.2, 0) is 16.1 Å². The first-order chi connectivity index (χ1) is 12.8. The number of aryl methyl sites for hydroxylation is 5. The second kappa shape index (κ2) is 7.65. The van der Waals surface area contributed by atoms with Crippen molar-refractivity contribution < 1.29 is 23.1 Å². The van der Waals surface area contributed by atoms with E-state index in [9.17, 15) is 4.79 Å². The molecule has 7 nitrogen and oxygen atoms in total. The monoisotopic (exact) mass is 370 g/mol. The third kappa shape index (κ3) is 4.36. The molecule has 0 amide bonds. The van der Waals surface area contributed by atoms with Crippen LogP contribution in [0.1, 0.15) is 34.1 Å². The maximum absolute atomic E-state index is 12.0. The van der Waals surface area contributed by atoms with Crippen molar-refractivity contribution in [2.75, 3.05) is 6.61 Å². The molecule has 0 unspecified atom stereocenters. The molecule has 2 heterocycles. The van der Waals surface area contributed by atoms with Crippen molar-refractivity contribution in [1.29, 1.82) is 0 Å². The van der Waals surface area contributed by atoms with Gasteiger partial charge in [0.1, 0.15) is 17.3 Å². The summed E-state index contributed by atoms with van der Waals surface area (Å²) in [4.78, 5) is 12.0. The van der Waals surface area contributed by atoms with E-state index in [-0.39, 0.29) is 19.1 Å². The van der Waals surface area contributed by atoms with Crippen LogP contribution in [0.3, 0.4) is 0 Å². The van der Waals surface area contributed by atoms with Gasteiger partial charge in [-0.1, -0.05) is 17.7 Å². The normalized spacial score (nSPS) is 10.9. The van der Waals surface area contributed by atoms with Crippen molar-refractivity contribution in [3.8, 4) is 17.2 Å². The number of benzene rings is 1. The minimum atomic E-state index is -0.510. The van der Waals surface area contributed by atoms with Gasteiger partial charge in [0.05, 0.1) is 5.56 Å². The van der Waals surface area contributed by atoms with E-state index >= 15 is 0 Å². The van der Waals surface area contributed by atoms with Gasteiger partial charge in [0.25, 0.3) is 11.8 Å². The Hall–Kier alpha value is -3.09. The lowest BCUT2D eigenvalue weighted by atomic mass is 10.1. The Bertz CT molecular complexity index is 948. The lowest BCUT2D eigenvalue weighted by Gasteiger charge is -2.12. The molecule has 3 rings (SSSR count). The number of rotatable bonds is 6. The Morgan fingerprint density at radius 1 is 1.00 bits per heavy atom.